The molecule has 0 saturated carbocycles. The molecule has 1 aromatic rings. The van der Waals surface area contributed by atoms with Gasteiger partial charge in [-0.1, -0.05) is 19.4 Å². The van der Waals surface area contributed by atoms with Crippen LogP contribution in [0.15, 0.2) is 18.2 Å². The Labute approximate surface area is 132 Å². The topological polar surface area (TPSA) is 30.5 Å². The van der Waals surface area contributed by atoms with Crippen LogP contribution in [0.5, 0.6) is 11.5 Å². The summed E-state index contributed by atoms with van der Waals surface area (Å²) in [5.41, 5.74) is 1.26. The van der Waals surface area contributed by atoms with Crippen molar-refractivity contribution in [3.05, 3.63) is 23.8 Å². The minimum atomic E-state index is 0.358. The first kappa shape index (κ1) is 16.5. The molecule has 1 aliphatic heterocycles. The zero-order valence-electron chi connectivity index (χ0n) is 13.4. The van der Waals surface area contributed by atoms with E-state index >= 15 is 0 Å². The highest BCUT2D eigenvalue weighted by molar-refractivity contribution is 8.00. The fraction of sp³-hybridized carbons (Fsp3) is 0.647. The Bertz CT molecular complexity index is 433. The van der Waals surface area contributed by atoms with Gasteiger partial charge in [-0.2, -0.15) is 11.8 Å². The van der Waals surface area contributed by atoms with Crippen LogP contribution in [0.1, 0.15) is 44.2 Å². The molecular weight excluding hydrogens is 282 g/mol. The van der Waals surface area contributed by atoms with E-state index in [2.05, 4.69) is 30.1 Å². The standard InChI is InChI=1S/C17H27NO2S/c1-4-10-18-17(16-7-5-6-11-21-16)14-9-8-13(19-2)12-15(14)20-3/h8-9,12,16-18H,4-7,10-11H2,1-3H3. The number of thioether (sulfide) groups is 1. The summed E-state index contributed by atoms with van der Waals surface area (Å²) in [6, 6.07) is 6.53. The van der Waals surface area contributed by atoms with Crippen LogP contribution >= 0.6 is 11.8 Å². The van der Waals surface area contributed by atoms with Crippen LogP contribution in [0.4, 0.5) is 0 Å². The van der Waals surface area contributed by atoms with Crippen molar-refractivity contribution in [3.63, 3.8) is 0 Å². The van der Waals surface area contributed by atoms with Gasteiger partial charge in [0.2, 0.25) is 0 Å². The van der Waals surface area contributed by atoms with Crippen LogP contribution in [0.3, 0.4) is 0 Å². The van der Waals surface area contributed by atoms with Gasteiger partial charge in [0.1, 0.15) is 11.5 Å². The van der Waals surface area contributed by atoms with E-state index in [1.807, 2.05) is 12.1 Å². The van der Waals surface area contributed by atoms with Crippen LogP contribution in [-0.2, 0) is 0 Å². The van der Waals surface area contributed by atoms with Gasteiger partial charge in [-0.3, -0.25) is 0 Å². The Morgan fingerprint density at radius 1 is 1.29 bits per heavy atom. The van der Waals surface area contributed by atoms with E-state index in [0.29, 0.717) is 11.3 Å². The molecule has 0 aliphatic carbocycles. The van der Waals surface area contributed by atoms with Crippen molar-refractivity contribution in [1.82, 2.24) is 5.32 Å². The largest absolute Gasteiger partial charge is 0.497 e. The average Bonchev–Trinajstić information content (AvgIpc) is 2.56. The highest BCUT2D eigenvalue weighted by atomic mass is 32.2. The molecule has 0 aromatic heterocycles. The minimum absolute atomic E-state index is 0.358. The molecule has 0 spiro atoms. The van der Waals surface area contributed by atoms with Gasteiger partial charge in [0.05, 0.1) is 14.2 Å². The molecule has 0 amide bonds. The highest BCUT2D eigenvalue weighted by Gasteiger charge is 2.27. The van der Waals surface area contributed by atoms with Crippen molar-refractivity contribution in [1.29, 1.82) is 0 Å². The van der Waals surface area contributed by atoms with Crippen molar-refractivity contribution in [2.24, 2.45) is 0 Å². The van der Waals surface area contributed by atoms with Gasteiger partial charge in [0.15, 0.2) is 0 Å². The average molecular weight is 309 g/mol. The summed E-state index contributed by atoms with van der Waals surface area (Å²) in [6.07, 6.45) is 5.11. The van der Waals surface area contributed by atoms with Crippen LogP contribution in [0.2, 0.25) is 0 Å². The maximum absolute atomic E-state index is 5.61. The quantitative estimate of drug-likeness (QED) is 0.824. The molecular formula is C17H27NO2S. The molecule has 2 rings (SSSR count). The molecule has 1 aromatic carbocycles. The van der Waals surface area contributed by atoms with Crippen LogP contribution in [-0.4, -0.2) is 31.8 Å². The van der Waals surface area contributed by atoms with Gasteiger partial charge < -0.3 is 14.8 Å². The predicted molar refractivity (Wildman–Crippen MR) is 90.7 cm³/mol. The summed E-state index contributed by atoms with van der Waals surface area (Å²) in [6.45, 7) is 3.25. The maximum atomic E-state index is 5.61. The lowest BCUT2D eigenvalue weighted by molar-refractivity contribution is 0.380. The maximum Gasteiger partial charge on any atom is 0.127 e. The zero-order valence-corrected chi connectivity index (χ0v) is 14.2. The lowest BCUT2D eigenvalue weighted by Gasteiger charge is -2.32. The van der Waals surface area contributed by atoms with Gasteiger partial charge >= 0.3 is 0 Å². The van der Waals surface area contributed by atoms with E-state index in [9.17, 15) is 0 Å². The Balaban J connectivity index is 2.25. The van der Waals surface area contributed by atoms with Gasteiger partial charge in [-0.25, -0.2) is 0 Å². The number of ether oxygens (including phenoxy) is 2. The van der Waals surface area contributed by atoms with E-state index in [-0.39, 0.29) is 0 Å². The summed E-state index contributed by atoms with van der Waals surface area (Å²) < 4.78 is 10.9. The van der Waals surface area contributed by atoms with Gasteiger partial charge in [-0.05, 0) is 37.6 Å². The molecule has 3 nitrogen and oxygen atoms in total. The van der Waals surface area contributed by atoms with E-state index < -0.39 is 0 Å². The first-order chi connectivity index (χ1) is 10.3. The van der Waals surface area contributed by atoms with Gasteiger partial charge in [0, 0.05) is 22.9 Å². The predicted octanol–water partition coefficient (Wildman–Crippen LogP) is 4.03. The number of hydrogen-bond donors (Lipinski definition) is 1. The Hall–Kier alpha value is -0.870. The Kier molecular flexibility index (Phi) is 6.71. The number of benzene rings is 1. The number of nitrogens with one attached hydrogen (secondary N) is 1. The van der Waals surface area contributed by atoms with Crippen molar-refractivity contribution in [3.8, 4) is 11.5 Å². The van der Waals surface area contributed by atoms with Crippen molar-refractivity contribution in [2.75, 3.05) is 26.5 Å². The molecule has 4 heteroatoms. The molecule has 21 heavy (non-hydrogen) atoms. The number of hydrogen-bond acceptors (Lipinski definition) is 4. The van der Waals surface area contributed by atoms with Gasteiger partial charge in [-0.15, -0.1) is 0 Å². The fourth-order valence-corrected chi connectivity index (χ4v) is 4.29. The van der Waals surface area contributed by atoms with Crippen LogP contribution in [0.25, 0.3) is 0 Å². The molecule has 118 valence electrons. The lowest BCUT2D eigenvalue weighted by Crippen LogP contribution is -2.32. The molecule has 0 radical (unpaired) electrons. The molecule has 1 heterocycles. The molecule has 1 saturated heterocycles. The molecule has 1 aliphatic rings. The monoisotopic (exact) mass is 309 g/mol. The summed E-state index contributed by atoms with van der Waals surface area (Å²) in [5.74, 6) is 3.04. The molecule has 1 fully saturated rings. The fourth-order valence-electron chi connectivity index (χ4n) is 2.85. The van der Waals surface area contributed by atoms with E-state index in [4.69, 9.17) is 9.47 Å². The summed E-state index contributed by atoms with van der Waals surface area (Å²) in [4.78, 5) is 0. The zero-order chi connectivity index (χ0) is 15.1. The van der Waals surface area contributed by atoms with Crippen molar-refractivity contribution < 1.29 is 9.47 Å². The number of rotatable bonds is 7. The summed E-state index contributed by atoms with van der Waals surface area (Å²) in [7, 11) is 3.43. The van der Waals surface area contributed by atoms with E-state index in [1.165, 1.54) is 30.6 Å². The molecule has 2 unspecified atom stereocenters. The minimum Gasteiger partial charge on any atom is -0.497 e. The second-order valence-corrected chi connectivity index (χ2v) is 6.79. The smallest absolute Gasteiger partial charge is 0.127 e. The second-order valence-electron chi connectivity index (χ2n) is 5.44. The molecule has 0 bridgehead atoms. The third-order valence-electron chi connectivity index (χ3n) is 3.98. The molecule has 1 N–H and O–H groups in total. The second kappa shape index (κ2) is 8.54. The van der Waals surface area contributed by atoms with E-state index in [0.717, 1.165) is 24.5 Å². The SMILES string of the molecule is CCCNC(c1ccc(OC)cc1OC)C1CCCCS1. The third kappa shape index (κ3) is 4.30. The number of methoxy groups -OCH3 is 2. The van der Waals surface area contributed by atoms with E-state index in [1.54, 1.807) is 14.2 Å². The normalized spacial score (nSPS) is 20.0. The first-order valence-corrected chi connectivity index (χ1v) is 8.92. The Morgan fingerprint density at radius 2 is 2.14 bits per heavy atom. The van der Waals surface area contributed by atoms with Crippen molar-refractivity contribution in [2.45, 2.75) is 43.9 Å². The van der Waals surface area contributed by atoms with Crippen LogP contribution < -0.4 is 14.8 Å². The lowest BCUT2D eigenvalue weighted by atomic mass is 9.98. The first-order valence-electron chi connectivity index (χ1n) is 7.87. The molecule has 2 atom stereocenters. The van der Waals surface area contributed by atoms with Crippen molar-refractivity contribution >= 4 is 11.8 Å². The third-order valence-corrected chi connectivity index (χ3v) is 5.44. The van der Waals surface area contributed by atoms with Gasteiger partial charge in [0.25, 0.3) is 0 Å². The highest BCUT2D eigenvalue weighted by Crippen LogP contribution is 2.39. The van der Waals surface area contributed by atoms with Crippen LogP contribution in [0, 0.1) is 0 Å². The Morgan fingerprint density at radius 3 is 2.76 bits per heavy atom. The summed E-state index contributed by atoms with van der Waals surface area (Å²) in [5, 5.41) is 4.36. The summed E-state index contributed by atoms with van der Waals surface area (Å²) >= 11 is 2.10.